The van der Waals surface area contributed by atoms with Gasteiger partial charge in [-0.05, 0) is 19.1 Å². The maximum atomic E-state index is 12.6. The molecule has 5 nitrogen and oxygen atoms in total. The van der Waals surface area contributed by atoms with Crippen LogP contribution in [0.2, 0.25) is 0 Å². The minimum absolute atomic E-state index is 0.237. The smallest absolute Gasteiger partial charge is 0.328 e. The van der Waals surface area contributed by atoms with Gasteiger partial charge in [0.2, 0.25) is 5.91 Å². The fraction of sp³-hybridized carbons (Fsp3) is 0.375. The highest BCUT2D eigenvalue weighted by Gasteiger charge is 2.32. The topological polar surface area (TPSA) is 47.2 Å². The van der Waals surface area contributed by atoms with Gasteiger partial charge in [-0.15, -0.1) is 6.58 Å². The van der Waals surface area contributed by atoms with Gasteiger partial charge in [-0.3, -0.25) is 13.9 Å². The Balaban J connectivity index is 2.37. The molecule has 1 amide bonds. The van der Waals surface area contributed by atoms with E-state index in [1.807, 2.05) is 0 Å². The van der Waals surface area contributed by atoms with E-state index in [1.54, 1.807) is 31.2 Å². The second kappa shape index (κ2) is 6.94. The van der Waals surface area contributed by atoms with E-state index < -0.39 is 30.9 Å². The van der Waals surface area contributed by atoms with Gasteiger partial charge in [-0.2, -0.15) is 13.2 Å². The molecule has 2 rings (SSSR count). The Morgan fingerprint density at radius 3 is 2.33 bits per heavy atom. The fourth-order valence-corrected chi connectivity index (χ4v) is 2.59. The Bertz CT molecular complexity index is 805. The van der Waals surface area contributed by atoms with Crippen molar-refractivity contribution in [2.24, 2.45) is 0 Å². The van der Waals surface area contributed by atoms with Crippen molar-refractivity contribution in [2.75, 3.05) is 13.1 Å². The van der Waals surface area contributed by atoms with Crippen LogP contribution in [0, 0.1) is 0 Å². The SMILES string of the molecule is C=CCN(CC(F)(F)F)C(=O)Cn1c(=O)n(CC)c2ccccc21. The molecule has 0 N–H and O–H groups in total. The molecule has 1 aromatic carbocycles. The van der Waals surface area contributed by atoms with Crippen LogP contribution in [0.15, 0.2) is 41.7 Å². The number of aryl methyl sites for hydroxylation is 1. The predicted molar refractivity (Wildman–Crippen MR) is 84.7 cm³/mol. The number of hydrogen-bond donors (Lipinski definition) is 0. The van der Waals surface area contributed by atoms with E-state index in [2.05, 4.69) is 6.58 Å². The first-order valence-corrected chi connectivity index (χ1v) is 7.42. The van der Waals surface area contributed by atoms with Crippen molar-refractivity contribution in [3.63, 3.8) is 0 Å². The number of carbonyl (C=O) groups excluding carboxylic acids is 1. The van der Waals surface area contributed by atoms with E-state index in [1.165, 1.54) is 15.2 Å². The monoisotopic (exact) mass is 341 g/mol. The third-order valence-electron chi connectivity index (χ3n) is 3.61. The molecule has 0 spiro atoms. The van der Waals surface area contributed by atoms with E-state index in [0.29, 0.717) is 22.5 Å². The van der Waals surface area contributed by atoms with Gasteiger partial charge in [0.25, 0.3) is 0 Å². The maximum Gasteiger partial charge on any atom is 0.406 e. The lowest BCUT2D eigenvalue weighted by Crippen LogP contribution is -2.42. The molecule has 0 radical (unpaired) electrons. The number of benzene rings is 1. The number of aromatic nitrogens is 2. The summed E-state index contributed by atoms with van der Waals surface area (Å²) in [7, 11) is 0. The molecule has 0 saturated carbocycles. The Morgan fingerprint density at radius 1 is 1.25 bits per heavy atom. The second-order valence-corrected chi connectivity index (χ2v) is 5.28. The summed E-state index contributed by atoms with van der Waals surface area (Å²) in [5.74, 6) is -0.784. The quantitative estimate of drug-likeness (QED) is 0.758. The molecule has 0 atom stereocenters. The summed E-state index contributed by atoms with van der Waals surface area (Å²) in [5.41, 5.74) is 0.741. The zero-order valence-corrected chi connectivity index (χ0v) is 13.2. The number of para-hydroxylation sites is 2. The summed E-state index contributed by atoms with van der Waals surface area (Å²) in [5, 5.41) is 0. The summed E-state index contributed by atoms with van der Waals surface area (Å²) in [6, 6.07) is 6.87. The van der Waals surface area contributed by atoms with Crippen molar-refractivity contribution in [2.45, 2.75) is 26.2 Å². The summed E-state index contributed by atoms with van der Waals surface area (Å²) < 4.78 is 40.5. The van der Waals surface area contributed by atoms with Crippen LogP contribution in [0.4, 0.5) is 13.2 Å². The molecule has 0 bridgehead atoms. The zero-order valence-electron chi connectivity index (χ0n) is 13.2. The molecule has 0 fully saturated rings. The largest absolute Gasteiger partial charge is 0.406 e. The van der Waals surface area contributed by atoms with Crippen LogP contribution in [-0.2, 0) is 17.9 Å². The lowest BCUT2D eigenvalue weighted by Gasteiger charge is -2.22. The average Bonchev–Trinajstić information content (AvgIpc) is 2.77. The summed E-state index contributed by atoms with van der Waals surface area (Å²) in [6.45, 7) is 3.50. The van der Waals surface area contributed by atoms with Crippen LogP contribution in [0.3, 0.4) is 0 Å². The molecule has 0 unspecified atom stereocenters. The number of rotatable bonds is 6. The highest BCUT2D eigenvalue weighted by atomic mass is 19.4. The van der Waals surface area contributed by atoms with Crippen LogP contribution in [0.25, 0.3) is 11.0 Å². The number of amides is 1. The van der Waals surface area contributed by atoms with Crippen LogP contribution in [-0.4, -0.2) is 39.2 Å². The number of nitrogens with zero attached hydrogens (tertiary/aromatic N) is 3. The summed E-state index contributed by atoms with van der Waals surface area (Å²) in [4.78, 5) is 25.4. The Labute approximate surface area is 136 Å². The highest BCUT2D eigenvalue weighted by Crippen LogP contribution is 2.17. The van der Waals surface area contributed by atoms with Crippen molar-refractivity contribution in [1.82, 2.24) is 14.0 Å². The molecule has 0 aliphatic heterocycles. The number of fused-ring (bicyclic) bond motifs is 1. The van der Waals surface area contributed by atoms with Crippen LogP contribution < -0.4 is 5.69 Å². The molecule has 1 aromatic heterocycles. The molecule has 0 aliphatic rings. The minimum Gasteiger partial charge on any atom is -0.328 e. The first kappa shape index (κ1) is 17.8. The molecular formula is C16H18F3N3O2. The summed E-state index contributed by atoms with van der Waals surface area (Å²) >= 11 is 0. The molecule has 1 heterocycles. The Morgan fingerprint density at radius 2 is 1.83 bits per heavy atom. The average molecular weight is 341 g/mol. The van der Waals surface area contributed by atoms with Crippen molar-refractivity contribution >= 4 is 16.9 Å². The van der Waals surface area contributed by atoms with E-state index in [-0.39, 0.29) is 6.54 Å². The molecule has 0 saturated heterocycles. The Hall–Kier alpha value is -2.51. The van der Waals surface area contributed by atoms with Gasteiger partial charge in [0, 0.05) is 13.1 Å². The number of hydrogen-bond acceptors (Lipinski definition) is 2. The van der Waals surface area contributed by atoms with Gasteiger partial charge >= 0.3 is 11.9 Å². The lowest BCUT2D eigenvalue weighted by atomic mass is 10.3. The third-order valence-corrected chi connectivity index (χ3v) is 3.61. The molecule has 0 aliphatic carbocycles. The number of carbonyl (C=O) groups is 1. The third kappa shape index (κ3) is 3.69. The van der Waals surface area contributed by atoms with Gasteiger partial charge in [0.1, 0.15) is 13.1 Å². The minimum atomic E-state index is -4.51. The number of halogens is 3. The standard InChI is InChI=1S/C16H18F3N3O2/c1-3-9-20(11-16(17,18)19)14(23)10-22-13-8-6-5-7-12(13)21(4-2)15(22)24/h3,5-8H,1,4,9-11H2,2H3. The van der Waals surface area contributed by atoms with Gasteiger partial charge < -0.3 is 4.90 Å². The Kier molecular flexibility index (Phi) is 5.16. The second-order valence-electron chi connectivity index (χ2n) is 5.28. The van der Waals surface area contributed by atoms with Crippen LogP contribution in [0.5, 0.6) is 0 Å². The van der Waals surface area contributed by atoms with Gasteiger partial charge in [-0.1, -0.05) is 18.2 Å². The van der Waals surface area contributed by atoms with E-state index in [4.69, 9.17) is 0 Å². The van der Waals surface area contributed by atoms with E-state index in [0.717, 1.165) is 0 Å². The molecule has 2 aromatic rings. The number of alkyl halides is 3. The van der Waals surface area contributed by atoms with Gasteiger partial charge in [0.05, 0.1) is 11.0 Å². The van der Waals surface area contributed by atoms with Crippen molar-refractivity contribution in [3.05, 3.63) is 47.4 Å². The molecular weight excluding hydrogens is 323 g/mol. The maximum absolute atomic E-state index is 12.6. The first-order chi connectivity index (χ1) is 11.3. The van der Waals surface area contributed by atoms with Crippen molar-refractivity contribution in [3.8, 4) is 0 Å². The molecule has 24 heavy (non-hydrogen) atoms. The van der Waals surface area contributed by atoms with Crippen molar-refractivity contribution in [1.29, 1.82) is 0 Å². The molecule has 8 heteroatoms. The zero-order chi connectivity index (χ0) is 17.9. The highest BCUT2D eigenvalue weighted by molar-refractivity contribution is 5.81. The van der Waals surface area contributed by atoms with Crippen LogP contribution >= 0.6 is 0 Å². The van der Waals surface area contributed by atoms with Crippen molar-refractivity contribution < 1.29 is 18.0 Å². The van der Waals surface area contributed by atoms with Gasteiger partial charge in [0.15, 0.2) is 0 Å². The van der Waals surface area contributed by atoms with E-state index in [9.17, 15) is 22.8 Å². The first-order valence-electron chi connectivity index (χ1n) is 7.42. The van der Waals surface area contributed by atoms with E-state index >= 15 is 0 Å². The predicted octanol–water partition coefficient (Wildman–Crippen LogP) is 2.40. The molecule has 130 valence electrons. The van der Waals surface area contributed by atoms with Gasteiger partial charge in [-0.25, -0.2) is 4.79 Å². The lowest BCUT2D eigenvalue weighted by molar-refractivity contribution is -0.160. The fourth-order valence-electron chi connectivity index (χ4n) is 2.59. The summed E-state index contributed by atoms with van der Waals surface area (Å²) in [6.07, 6.45) is -3.29. The number of imidazole rings is 1. The van der Waals surface area contributed by atoms with Crippen LogP contribution in [0.1, 0.15) is 6.92 Å². The normalized spacial score (nSPS) is 11.7.